The van der Waals surface area contributed by atoms with E-state index in [1.807, 2.05) is 0 Å². The largest absolute Gasteiger partial charge is 0.450 e. The first-order chi connectivity index (χ1) is 9.93. The maximum absolute atomic E-state index is 13.7. The van der Waals surface area contributed by atoms with E-state index in [1.165, 1.54) is 12.1 Å². The highest BCUT2D eigenvalue weighted by molar-refractivity contribution is 5.62. The molecule has 2 aromatic carbocycles. The molecule has 0 unspecified atom stereocenters. The molecular formula is C13H7F2N3O3. The molecule has 0 heterocycles. The van der Waals surface area contributed by atoms with Crippen molar-refractivity contribution in [3.05, 3.63) is 57.6 Å². The quantitative estimate of drug-likeness (QED) is 0.531. The maximum Gasteiger partial charge on any atom is 0.296 e. The lowest BCUT2D eigenvalue weighted by Gasteiger charge is -2.09. The Hall–Kier alpha value is -3.21. The van der Waals surface area contributed by atoms with Gasteiger partial charge in [-0.05, 0) is 12.1 Å². The molecular weight excluding hydrogens is 284 g/mol. The standard InChI is InChI=1S/C13H7F2N3O3/c14-8-3-1-2-7(6-16)13(8)21-12-5-11(18(19)20)10(17)4-9(12)15/h1-5H,17H2. The van der Waals surface area contributed by atoms with Gasteiger partial charge in [-0.15, -0.1) is 0 Å². The van der Waals surface area contributed by atoms with E-state index in [1.54, 1.807) is 6.07 Å². The number of halogens is 2. The Bertz CT molecular complexity index is 772. The van der Waals surface area contributed by atoms with Crippen molar-refractivity contribution < 1.29 is 18.4 Å². The molecule has 0 spiro atoms. The molecule has 0 radical (unpaired) electrons. The Labute approximate surface area is 117 Å². The van der Waals surface area contributed by atoms with Gasteiger partial charge in [0.25, 0.3) is 5.69 Å². The van der Waals surface area contributed by atoms with Crippen molar-refractivity contribution >= 4 is 11.4 Å². The number of nitro groups is 1. The number of nitrogens with two attached hydrogens (primary N) is 1. The highest BCUT2D eigenvalue weighted by Crippen LogP contribution is 2.34. The van der Waals surface area contributed by atoms with E-state index in [4.69, 9.17) is 15.7 Å². The van der Waals surface area contributed by atoms with E-state index in [-0.39, 0.29) is 11.3 Å². The Morgan fingerprint density at radius 1 is 1.29 bits per heavy atom. The second-order valence-corrected chi connectivity index (χ2v) is 3.93. The molecule has 0 aliphatic rings. The third kappa shape index (κ3) is 2.71. The molecule has 0 atom stereocenters. The highest BCUT2D eigenvalue weighted by atomic mass is 19.1. The van der Waals surface area contributed by atoms with E-state index >= 15 is 0 Å². The van der Waals surface area contributed by atoms with Gasteiger partial charge in [-0.25, -0.2) is 8.78 Å². The van der Waals surface area contributed by atoms with E-state index in [0.29, 0.717) is 6.07 Å². The minimum atomic E-state index is -1.01. The smallest absolute Gasteiger partial charge is 0.296 e. The molecule has 21 heavy (non-hydrogen) atoms. The summed E-state index contributed by atoms with van der Waals surface area (Å²) in [5, 5.41) is 19.6. The summed E-state index contributed by atoms with van der Waals surface area (Å²) in [6.07, 6.45) is 0. The van der Waals surface area contributed by atoms with Crippen LogP contribution in [0.15, 0.2) is 30.3 Å². The zero-order valence-electron chi connectivity index (χ0n) is 10.3. The average molecular weight is 291 g/mol. The maximum atomic E-state index is 13.7. The van der Waals surface area contributed by atoms with Crippen molar-refractivity contribution in [3.63, 3.8) is 0 Å². The molecule has 0 bridgehead atoms. The fourth-order valence-electron chi connectivity index (χ4n) is 1.60. The van der Waals surface area contributed by atoms with Gasteiger partial charge in [-0.1, -0.05) is 6.07 Å². The number of rotatable bonds is 3. The van der Waals surface area contributed by atoms with Crippen LogP contribution in [0.1, 0.15) is 5.56 Å². The van der Waals surface area contributed by atoms with Crippen molar-refractivity contribution in [1.29, 1.82) is 5.26 Å². The van der Waals surface area contributed by atoms with Crippen LogP contribution in [0.3, 0.4) is 0 Å². The summed E-state index contributed by atoms with van der Waals surface area (Å²) in [5.41, 5.74) is 4.16. The minimum Gasteiger partial charge on any atom is -0.450 e. The first-order valence-corrected chi connectivity index (χ1v) is 5.54. The zero-order chi connectivity index (χ0) is 15.6. The van der Waals surface area contributed by atoms with Gasteiger partial charge in [0, 0.05) is 6.07 Å². The SMILES string of the molecule is N#Cc1cccc(F)c1Oc1cc([N+](=O)[O-])c(N)cc1F. The molecule has 0 fully saturated rings. The molecule has 0 saturated heterocycles. The van der Waals surface area contributed by atoms with Gasteiger partial charge in [0.2, 0.25) is 0 Å². The normalized spacial score (nSPS) is 9.95. The second kappa shape index (κ2) is 5.42. The van der Waals surface area contributed by atoms with Crippen LogP contribution in [0.4, 0.5) is 20.2 Å². The third-order valence-electron chi connectivity index (χ3n) is 2.58. The predicted octanol–water partition coefficient (Wildman–Crippen LogP) is 3.12. The van der Waals surface area contributed by atoms with Crippen molar-refractivity contribution in [3.8, 4) is 17.6 Å². The van der Waals surface area contributed by atoms with E-state index in [0.717, 1.165) is 12.1 Å². The van der Waals surface area contributed by atoms with Crippen LogP contribution in [-0.2, 0) is 0 Å². The summed E-state index contributed by atoms with van der Waals surface area (Å²) in [5.74, 6) is -3.02. The number of nitro benzene ring substituents is 1. The van der Waals surface area contributed by atoms with Crippen LogP contribution in [-0.4, -0.2) is 4.92 Å². The van der Waals surface area contributed by atoms with Gasteiger partial charge < -0.3 is 10.5 Å². The fraction of sp³-hybridized carbons (Fsp3) is 0. The third-order valence-corrected chi connectivity index (χ3v) is 2.58. The van der Waals surface area contributed by atoms with Crippen molar-refractivity contribution in [2.24, 2.45) is 0 Å². The summed E-state index contributed by atoms with van der Waals surface area (Å²) >= 11 is 0. The Balaban J connectivity index is 2.53. The summed E-state index contributed by atoms with van der Waals surface area (Å²) in [7, 11) is 0. The molecule has 2 aromatic rings. The van der Waals surface area contributed by atoms with Crippen LogP contribution in [0.5, 0.6) is 11.5 Å². The molecule has 0 aliphatic carbocycles. The topological polar surface area (TPSA) is 102 Å². The first kappa shape index (κ1) is 14.2. The summed E-state index contributed by atoms with van der Waals surface area (Å²) in [4.78, 5) is 9.92. The molecule has 106 valence electrons. The Morgan fingerprint density at radius 2 is 2.00 bits per heavy atom. The van der Waals surface area contributed by atoms with Gasteiger partial charge in [0.15, 0.2) is 23.1 Å². The number of para-hydroxylation sites is 1. The number of hydrogen-bond acceptors (Lipinski definition) is 5. The Kier molecular flexibility index (Phi) is 3.67. The van der Waals surface area contributed by atoms with Gasteiger partial charge in [-0.2, -0.15) is 5.26 Å². The molecule has 0 saturated carbocycles. The molecule has 2 N–H and O–H groups in total. The second-order valence-electron chi connectivity index (χ2n) is 3.93. The molecule has 0 aliphatic heterocycles. The lowest BCUT2D eigenvalue weighted by atomic mass is 10.2. The van der Waals surface area contributed by atoms with Crippen molar-refractivity contribution in [2.45, 2.75) is 0 Å². The van der Waals surface area contributed by atoms with Crippen LogP contribution < -0.4 is 10.5 Å². The summed E-state index contributed by atoms with van der Waals surface area (Å²) < 4.78 is 32.3. The van der Waals surface area contributed by atoms with Gasteiger partial charge in [-0.3, -0.25) is 10.1 Å². The van der Waals surface area contributed by atoms with Gasteiger partial charge in [0.1, 0.15) is 11.8 Å². The van der Waals surface area contributed by atoms with Crippen LogP contribution in [0, 0.1) is 33.1 Å². The molecule has 0 amide bonds. The highest BCUT2D eigenvalue weighted by Gasteiger charge is 2.20. The van der Waals surface area contributed by atoms with Gasteiger partial charge in [0.05, 0.1) is 16.6 Å². The van der Waals surface area contributed by atoms with E-state index < -0.39 is 33.7 Å². The van der Waals surface area contributed by atoms with Crippen LogP contribution in [0.25, 0.3) is 0 Å². The molecule has 0 aromatic heterocycles. The fourth-order valence-corrected chi connectivity index (χ4v) is 1.60. The number of nitrogens with zero attached hydrogens (tertiary/aromatic N) is 2. The first-order valence-electron chi connectivity index (χ1n) is 5.54. The monoisotopic (exact) mass is 291 g/mol. The Morgan fingerprint density at radius 3 is 2.62 bits per heavy atom. The number of hydrogen-bond donors (Lipinski definition) is 1. The van der Waals surface area contributed by atoms with Crippen LogP contribution >= 0.6 is 0 Å². The number of benzene rings is 2. The van der Waals surface area contributed by atoms with Crippen molar-refractivity contribution in [1.82, 2.24) is 0 Å². The predicted molar refractivity (Wildman–Crippen MR) is 68.7 cm³/mol. The number of nitriles is 1. The summed E-state index contributed by atoms with van der Waals surface area (Å²) in [6, 6.07) is 6.67. The lowest BCUT2D eigenvalue weighted by molar-refractivity contribution is -0.384. The number of anilines is 1. The number of ether oxygens (including phenoxy) is 1. The van der Waals surface area contributed by atoms with Crippen molar-refractivity contribution in [2.75, 3.05) is 5.73 Å². The number of nitrogen functional groups attached to an aromatic ring is 1. The molecule has 8 heteroatoms. The average Bonchev–Trinajstić information content (AvgIpc) is 2.43. The molecule has 6 nitrogen and oxygen atoms in total. The van der Waals surface area contributed by atoms with Crippen LogP contribution in [0.2, 0.25) is 0 Å². The minimum absolute atomic E-state index is 0.172. The van der Waals surface area contributed by atoms with E-state index in [9.17, 15) is 18.9 Å². The van der Waals surface area contributed by atoms with Gasteiger partial charge >= 0.3 is 0 Å². The molecule has 2 rings (SSSR count). The zero-order valence-corrected chi connectivity index (χ0v) is 10.3. The lowest BCUT2D eigenvalue weighted by Crippen LogP contribution is -2.00. The summed E-state index contributed by atoms with van der Waals surface area (Å²) in [6.45, 7) is 0. The van der Waals surface area contributed by atoms with E-state index in [2.05, 4.69) is 0 Å².